The molecule has 1 aliphatic rings. The normalized spacial score (nSPS) is 27.2. The van der Waals surface area contributed by atoms with Gasteiger partial charge in [-0.15, -0.1) is 6.58 Å². The van der Waals surface area contributed by atoms with Crippen LogP contribution >= 0.6 is 0 Å². The Hall–Kier alpha value is -1.18. The fourth-order valence-electron chi connectivity index (χ4n) is 2.21. The molecule has 0 aromatic rings. The molecule has 0 bridgehead atoms. The molecule has 0 aromatic carbocycles. The highest BCUT2D eigenvalue weighted by molar-refractivity contribution is 6.13. The van der Waals surface area contributed by atoms with Gasteiger partial charge in [-0.1, -0.05) is 12.5 Å². The maximum absolute atomic E-state index is 12.1. The Morgan fingerprint density at radius 2 is 1.87 bits per heavy atom. The van der Waals surface area contributed by atoms with E-state index in [1.54, 1.807) is 13.8 Å². The number of carbonyl (C=O) groups excluding carboxylic acids is 2. The fraction of sp³-hybridized carbons (Fsp3) is 0.538. The van der Waals surface area contributed by atoms with Crippen molar-refractivity contribution in [2.75, 3.05) is 0 Å². The standard InChI is InChI=1S/C13H18O2/c1-8(2)6-13(5)7-11(14)9(3)10(4)12(13)15/h1,6-7H2,2-5H3. The van der Waals surface area contributed by atoms with Gasteiger partial charge >= 0.3 is 0 Å². The summed E-state index contributed by atoms with van der Waals surface area (Å²) in [5.41, 5.74) is 1.63. The molecule has 0 amide bonds. The molecule has 15 heavy (non-hydrogen) atoms. The van der Waals surface area contributed by atoms with Crippen LogP contribution in [0.3, 0.4) is 0 Å². The van der Waals surface area contributed by atoms with E-state index in [-0.39, 0.29) is 11.6 Å². The van der Waals surface area contributed by atoms with Crippen LogP contribution in [0.2, 0.25) is 0 Å². The molecule has 2 heteroatoms. The molecule has 0 spiro atoms. The third-order valence-electron chi connectivity index (χ3n) is 3.11. The van der Waals surface area contributed by atoms with Gasteiger partial charge in [0.05, 0.1) is 0 Å². The first kappa shape index (κ1) is 11.9. The van der Waals surface area contributed by atoms with Crippen molar-refractivity contribution in [2.24, 2.45) is 5.41 Å². The predicted octanol–water partition coefficient (Wildman–Crippen LogP) is 2.84. The van der Waals surface area contributed by atoms with Gasteiger partial charge in [-0.25, -0.2) is 0 Å². The highest BCUT2D eigenvalue weighted by Crippen LogP contribution is 2.38. The lowest BCUT2D eigenvalue weighted by atomic mass is 9.69. The van der Waals surface area contributed by atoms with Crippen molar-refractivity contribution < 1.29 is 9.59 Å². The maximum Gasteiger partial charge on any atom is 0.165 e. The zero-order chi connectivity index (χ0) is 11.8. The number of allylic oxidation sites excluding steroid dienone is 3. The monoisotopic (exact) mass is 206 g/mol. The third kappa shape index (κ3) is 2.09. The Morgan fingerprint density at radius 3 is 2.33 bits per heavy atom. The fourth-order valence-corrected chi connectivity index (χ4v) is 2.21. The molecule has 82 valence electrons. The minimum absolute atomic E-state index is 0.0934. The molecule has 1 unspecified atom stereocenters. The van der Waals surface area contributed by atoms with Gasteiger partial charge in [-0.05, 0) is 38.3 Å². The Kier molecular flexibility index (Phi) is 2.98. The summed E-state index contributed by atoms with van der Waals surface area (Å²) in [5, 5.41) is 0. The molecule has 0 N–H and O–H groups in total. The van der Waals surface area contributed by atoms with Gasteiger partial charge in [0.25, 0.3) is 0 Å². The summed E-state index contributed by atoms with van der Waals surface area (Å²) in [6, 6.07) is 0. The van der Waals surface area contributed by atoms with Crippen molar-refractivity contribution >= 4 is 11.6 Å². The second kappa shape index (κ2) is 3.76. The number of hydrogen-bond acceptors (Lipinski definition) is 2. The van der Waals surface area contributed by atoms with Crippen molar-refractivity contribution in [3.05, 3.63) is 23.3 Å². The van der Waals surface area contributed by atoms with E-state index in [4.69, 9.17) is 0 Å². The highest BCUT2D eigenvalue weighted by Gasteiger charge is 2.40. The Balaban J connectivity index is 3.12. The Labute approximate surface area is 91.1 Å². The summed E-state index contributed by atoms with van der Waals surface area (Å²) in [6.45, 7) is 11.0. The Morgan fingerprint density at radius 1 is 1.33 bits per heavy atom. The van der Waals surface area contributed by atoms with E-state index in [1.807, 2.05) is 13.8 Å². The average Bonchev–Trinajstić information content (AvgIpc) is 2.10. The number of ketones is 2. The van der Waals surface area contributed by atoms with Crippen LogP contribution < -0.4 is 0 Å². The summed E-state index contributed by atoms with van der Waals surface area (Å²) in [5.74, 6) is 0.193. The first-order valence-corrected chi connectivity index (χ1v) is 5.18. The second-order valence-electron chi connectivity index (χ2n) is 4.87. The van der Waals surface area contributed by atoms with Gasteiger partial charge in [0, 0.05) is 11.8 Å². The zero-order valence-electron chi connectivity index (χ0n) is 9.94. The minimum atomic E-state index is -0.563. The summed E-state index contributed by atoms with van der Waals surface area (Å²) in [4.78, 5) is 23.8. The molecule has 1 aliphatic carbocycles. The molecule has 0 aromatic heterocycles. The van der Waals surface area contributed by atoms with Crippen LogP contribution in [0.5, 0.6) is 0 Å². The van der Waals surface area contributed by atoms with Gasteiger partial charge < -0.3 is 0 Å². The van der Waals surface area contributed by atoms with Crippen molar-refractivity contribution in [3.8, 4) is 0 Å². The van der Waals surface area contributed by atoms with Gasteiger partial charge in [-0.3, -0.25) is 9.59 Å². The molecule has 0 aliphatic heterocycles. The van der Waals surface area contributed by atoms with Crippen LogP contribution in [-0.4, -0.2) is 11.6 Å². The van der Waals surface area contributed by atoms with Gasteiger partial charge in [0.1, 0.15) is 0 Å². The van der Waals surface area contributed by atoms with Crippen LogP contribution in [0.15, 0.2) is 23.3 Å². The lowest BCUT2D eigenvalue weighted by molar-refractivity contribution is -0.131. The van der Waals surface area contributed by atoms with Gasteiger partial charge in [-0.2, -0.15) is 0 Å². The van der Waals surface area contributed by atoms with Crippen molar-refractivity contribution in [2.45, 2.75) is 40.5 Å². The minimum Gasteiger partial charge on any atom is -0.295 e. The smallest absolute Gasteiger partial charge is 0.165 e. The second-order valence-corrected chi connectivity index (χ2v) is 4.87. The average molecular weight is 206 g/mol. The molecule has 0 saturated carbocycles. The summed E-state index contributed by atoms with van der Waals surface area (Å²) in [6.07, 6.45) is 0.921. The predicted molar refractivity (Wildman–Crippen MR) is 60.5 cm³/mol. The maximum atomic E-state index is 12.1. The van der Waals surface area contributed by atoms with Crippen molar-refractivity contribution in [3.63, 3.8) is 0 Å². The van der Waals surface area contributed by atoms with E-state index >= 15 is 0 Å². The van der Waals surface area contributed by atoms with Crippen LogP contribution in [0.1, 0.15) is 40.5 Å². The molecular formula is C13H18O2. The van der Waals surface area contributed by atoms with Crippen LogP contribution in [0, 0.1) is 5.41 Å². The summed E-state index contributed by atoms with van der Waals surface area (Å²) < 4.78 is 0. The molecule has 1 atom stereocenters. The van der Waals surface area contributed by atoms with Crippen LogP contribution in [0.25, 0.3) is 0 Å². The summed E-state index contributed by atoms with van der Waals surface area (Å²) in [7, 11) is 0. The lowest BCUT2D eigenvalue weighted by Gasteiger charge is -2.32. The first-order chi connectivity index (χ1) is 6.78. The van der Waals surface area contributed by atoms with Crippen molar-refractivity contribution in [1.82, 2.24) is 0 Å². The molecule has 0 saturated heterocycles. The van der Waals surface area contributed by atoms with Crippen molar-refractivity contribution in [1.29, 1.82) is 0 Å². The number of Topliss-reactive ketones (excluding diaryl/α,β-unsaturated/α-hetero) is 2. The van der Waals surface area contributed by atoms with Gasteiger partial charge in [0.15, 0.2) is 11.6 Å². The Bertz CT molecular complexity index is 374. The summed E-state index contributed by atoms with van der Waals surface area (Å²) >= 11 is 0. The highest BCUT2D eigenvalue weighted by atomic mass is 16.1. The zero-order valence-corrected chi connectivity index (χ0v) is 9.94. The van der Waals surface area contributed by atoms with E-state index in [9.17, 15) is 9.59 Å². The molecular weight excluding hydrogens is 188 g/mol. The van der Waals surface area contributed by atoms with E-state index in [2.05, 4.69) is 6.58 Å². The van der Waals surface area contributed by atoms with E-state index in [0.717, 1.165) is 5.57 Å². The third-order valence-corrected chi connectivity index (χ3v) is 3.11. The SMILES string of the molecule is C=C(C)CC1(C)CC(=O)C(C)=C(C)C1=O. The molecule has 0 radical (unpaired) electrons. The quantitative estimate of drug-likeness (QED) is 0.651. The number of carbonyl (C=O) groups is 2. The van der Waals surface area contributed by atoms with E-state index in [1.165, 1.54) is 0 Å². The molecule has 1 rings (SSSR count). The molecule has 0 heterocycles. The van der Waals surface area contributed by atoms with Crippen LogP contribution in [0.4, 0.5) is 0 Å². The number of rotatable bonds is 2. The topological polar surface area (TPSA) is 34.1 Å². The van der Waals surface area contributed by atoms with E-state index in [0.29, 0.717) is 24.0 Å². The largest absolute Gasteiger partial charge is 0.295 e. The van der Waals surface area contributed by atoms with E-state index < -0.39 is 5.41 Å². The lowest BCUT2D eigenvalue weighted by Crippen LogP contribution is -2.36. The van der Waals surface area contributed by atoms with Crippen LogP contribution in [-0.2, 0) is 9.59 Å². The van der Waals surface area contributed by atoms with Gasteiger partial charge in [0.2, 0.25) is 0 Å². The molecule has 2 nitrogen and oxygen atoms in total. The number of hydrogen-bond donors (Lipinski definition) is 0. The molecule has 0 fully saturated rings. The first-order valence-electron chi connectivity index (χ1n) is 5.18.